The Morgan fingerprint density at radius 1 is 0.939 bits per heavy atom. The maximum absolute atomic E-state index is 12.9. The zero-order valence-corrected chi connectivity index (χ0v) is 19.7. The van der Waals surface area contributed by atoms with E-state index >= 15 is 0 Å². The summed E-state index contributed by atoms with van der Waals surface area (Å²) < 4.78 is 6.61. The van der Waals surface area contributed by atoms with Crippen LogP contribution in [0.4, 0.5) is 4.79 Å². The standard InChI is InChI=1S/C23H30N8OS/c32-21(29-10-22(11-29)5-17(6-22)31-14-24-19(26-31)15-1-2-15)30-12-23(13-30)8-28(9-23)7-18-25-20(27-33-18)16-3-4-16/h14-17H,1-13H2. The summed E-state index contributed by atoms with van der Waals surface area (Å²) in [5, 5.41) is 5.86. The Balaban J connectivity index is 0.784. The highest BCUT2D eigenvalue weighted by Crippen LogP contribution is 2.54. The molecule has 174 valence electrons. The SMILES string of the molecule is O=C(N1CC2(CC(n3cnc(C4CC4)n3)C2)C1)N1CC2(CN(Cc3nc(C4CC4)ns3)C2)C1. The first-order valence-electron chi connectivity index (χ1n) is 12.6. The van der Waals surface area contributed by atoms with Crippen LogP contribution in [-0.2, 0) is 6.54 Å². The predicted octanol–water partition coefficient (Wildman–Crippen LogP) is 2.46. The van der Waals surface area contributed by atoms with E-state index in [-0.39, 0.29) is 6.03 Å². The van der Waals surface area contributed by atoms with Crippen LogP contribution in [0.3, 0.4) is 0 Å². The summed E-state index contributed by atoms with van der Waals surface area (Å²) in [5.74, 6) is 3.36. The van der Waals surface area contributed by atoms with E-state index in [1.165, 1.54) is 25.7 Å². The molecule has 5 heterocycles. The smallest absolute Gasteiger partial charge is 0.320 e. The summed E-state index contributed by atoms with van der Waals surface area (Å²) in [6.45, 7) is 6.76. The lowest BCUT2D eigenvalue weighted by molar-refractivity contribution is -0.120. The zero-order valence-electron chi connectivity index (χ0n) is 18.9. The molecule has 0 N–H and O–H groups in total. The maximum atomic E-state index is 12.9. The van der Waals surface area contributed by atoms with Gasteiger partial charge in [-0.1, -0.05) is 0 Å². The second-order valence-corrected chi connectivity index (χ2v) is 12.7. The molecule has 0 radical (unpaired) electrons. The Hall–Kier alpha value is -2.07. The number of urea groups is 1. The summed E-state index contributed by atoms with van der Waals surface area (Å²) in [6, 6.07) is 0.729. The predicted molar refractivity (Wildman–Crippen MR) is 121 cm³/mol. The van der Waals surface area contributed by atoms with Gasteiger partial charge in [-0.2, -0.15) is 9.47 Å². The van der Waals surface area contributed by atoms with Gasteiger partial charge in [0, 0.05) is 61.9 Å². The minimum Gasteiger partial charge on any atom is -0.323 e. The van der Waals surface area contributed by atoms with Crippen LogP contribution < -0.4 is 0 Å². The number of nitrogens with zero attached hydrogens (tertiary/aromatic N) is 8. The molecular weight excluding hydrogens is 436 g/mol. The van der Waals surface area contributed by atoms with Crippen LogP contribution in [-0.4, -0.2) is 84.1 Å². The van der Waals surface area contributed by atoms with Crippen molar-refractivity contribution in [2.45, 2.75) is 62.9 Å². The molecule has 8 rings (SSSR count). The van der Waals surface area contributed by atoms with Crippen LogP contribution in [0.15, 0.2) is 6.33 Å². The Morgan fingerprint density at radius 3 is 2.30 bits per heavy atom. The molecule has 3 saturated heterocycles. The van der Waals surface area contributed by atoms with Crippen LogP contribution in [0, 0.1) is 10.8 Å². The summed E-state index contributed by atoms with van der Waals surface area (Å²) in [7, 11) is 0. The molecular formula is C23H30N8OS. The van der Waals surface area contributed by atoms with E-state index in [9.17, 15) is 4.79 Å². The van der Waals surface area contributed by atoms with Crippen molar-refractivity contribution in [1.82, 2.24) is 38.8 Å². The number of rotatable bonds is 5. The van der Waals surface area contributed by atoms with E-state index in [2.05, 4.69) is 28.7 Å². The molecule has 6 fully saturated rings. The van der Waals surface area contributed by atoms with Crippen molar-refractivity contribution in [3.63, 3.8) is 0 Å². The molecule has 3 aliphatic carbocycles. The van der Waals surface area contributed by atoms with Crippen molar-refractivity contribution in [2.75, 3.05) is 39.3 Å². The Morgan fingerprint density at radius 2 is 1.61 bits per heavy atom. The number of carbonyl (C=O) groups is 1. The third-order valence-electron chi connectivity index (χ3n) is 8.73. The second-order valence-electron chi connectivity index (χ2n) is 11.9. The van der Waals surface area contributed by atoms with Crippen molar-refractivity contribution < 1.29 is 4.79 Å². The molecule has 2 aromatic heterocycles. The van der Waals surface area contributed by atoms with Crippen molar-refractivity contribution >= 4 is 17.6 Å². The second kappa shape index (κ2) is 6.53. The molecule has 3 saturated carbocycles. The largest absolute Gasteiger partial charge is 0.323 e. The van der Waals surface area contributed by atoms with E-state index in [0.717, 1.165) is 75.3 Å². The highest BCUT2D eigenvalue weighted by molar-refractivity contribution is 7.05. The average molecular weight is 467 g/mol. The molecule has 2 aromatic rings. The van der Waals surface area contributed by atoms with Crippen molar-refractivity contribution in [2.24, 2.45) is 10.8 Å². The van der Waals surface area contributed by atoms with Gasteiger partial charge in [0.25, 0.3) is 0 Å². The molecule has 2 spiro atoms. The first-order chi connectivity index (χ1) is 16.1. The molecule has 10 heteroatoms. The molecule has 0 atom stereocenters. The highest BCUT2D eigenvalue weighted by atomic mass is 32.1. The van der Waals surface area contributed by atoms with Gasteiger partial charge in [-0.25, -0.2) is 19.4 Å². The van der Waals surface area contributed by atoms with Gasteiger partial charge in [0.15, 0.2) is 5.82 Å². The number of aromatic nitrogens is 5. The highest BCUT2D eigenvalue weighted by Gasteiger charge is 2.58. The lowest BCUT2D eigenvalue weighted by Gasteiger charge is -2.63. The van der Waals surface area contributed by atoms with E-state index in [0.29, 0.717) is 28.7 Å². The summed E-state index contributed by atoms with van der Waals surface area (Å²) >= 11 is 1.57. The third-order valence-corrected chi connectivity index (χ3v) is 9.44. The maximum Gasteiger partial charge on any atom is 0.320 e. The van der Waals surface area contributed by atoms with E-state index in [1.807, 2.05) is 6.33 Å². The molecule has 9 nitrogen and oxygen atoms in total. The first kappa shape index (κ1) is 19.3. The monoisotopic (exact) mass is 466 g/mol. The number of amides is 2. The van der Waals surface area contributed by atoms with Crippen LogP contribution in [0.25, 0.3) is 0 Å². The zero-order chi connectivity index (χ0) is 21.8. The topological polar surface area (TPSA) is 83.3 Å². The van der Waals surface area contributed by atoms with Gasteiger partial charge in [0.05, 0.1) is 12.6 Å². The number of carbonyl (C=O) groups excluding carboxylic acids is 1. The van der Waals surface area contributed by atoms with Gasteiger partial charge >= 0.3 is 6.03 Å². The fourth-order valence-corrected chi connectivity index (χ4v) is 7.38. The van der Waals surface area contributed by atoms with Crippen LogP contribution in [0.1, 0.15) is 73.1 Å². The summed E-state index contributed by atoms with van der Waals surface area (Å²) in [4.78, 5) is 28.7. The van der Waals surface area contributed by atoms with Crippen molar-refractivity contribution in [1.29, 1.82) is 0 Å². The Labute approximate surface area is 197 Å². The van der Waals surface area contributed by atoms with Gasteiger partial charge in [-0.15, -0.1) is 0 Å². The Kier molecular flexibility index (Phi) is 3.81. The number of likely N-dealkylation sites (tertiary alicyclic amines) is 3. The van der Waals surface area contributed by atoms with Crippen LogP contribution in [0.5, 0.6) is 0 Å². The molecule has 2 amide bonds. The fourth-order valence-electron chi connectivity index (χ4n) is 6.62. The normalized spacial score (nSPS) is 27.9. The summed E-state index contributed by atoms with van der Waals surface area (Å²) in [5.41, 5.74) is 0.666. The quantitative estimate of drug-likeness (QED) is 0.673. The minimum atomic E-state index is 0.253. The van der Waals surface area contributed by atoms with E-state index < -0.39 is 0 Å². The summed E-state index contributed by atoms with van der Waals surface area (Å²) in [6.07, 6.45) is 9.20. The molecule has 0 bridgehead atoms. The molecule has 33 heavy (non-hydrogen) atoms. The van der Waals surface area contributed by atoms with E-state index in [1.54, 1.807) is 11.5 Å². The van der Waals surface area contributed by atoms with Crippen LogP contribution in [0.2, 0.25) is 0 Å². The lowest BCUT2D eigenvalue weighted by atomic mass is 9.60. The van der Waals surface area contributed by atoms with Crippen LogP contribution >= 0.6 is 11.5 Å². The molecule has 0 unspecified atom stereocenters. The van der Waals surface area contributed by atoms with Crippen molar-refractivity contribution in [3.05, 3.63) is 23.0 Å². The Bertz CT molecular complexity index is 1090. The van der Waals surface area contributed by atoms with E-state index in [4.69, 9.17) is 10.1 Å². The van der Waals surface area contributed by atoms with Gasteiger partial charge in [-0.05, 0) is 50.1 Å². The van der Waals surface area contributed by atoms with Gasteiger partial charge in [0.2, 0.25) is 0 Å². The number of hydrogen-bond donors (Lipinski definition) is 0. The lowest BCUT2D eigenvalue weighted by Crippen LogP contribution is -2.75. The third kappa shape index (κ3) is 3.16. The number of hydrogen-bond acceptors (Lipinski definition) is 7. The molecule has 3 aliphatic heterocycles. The van der Waals surface area contributed by atoms with Gasteiger partial charge in [-0.3, -0.25) is 4.90 Å². The molecule has 0 aromatic carbocycles. The van der Waals surface area contributed by atoms with Gasteiger partial charge in [0.1, 0.15) is 17.2 Å². The fraction of sp³-hybridized carbons (Fsp3) is 0.783. The van der Waals surface area contributed by atoms with Crippen molar-refractivity contribution in [3.8, 4) is 0 Å². The van der Waals surface area contributed by atoms with Gasteiger partial charge < -0.3 is 9.80 Å². The minimum absolute atomic E-state index is 0.253. The average Bonchev–Trinajstić information content (AvgIpc) is 3.62. The first-order valence-corrected chi connectivity index (χ1v) is 13.3. The molecule has 6 aliphatic rings.